The van der Waals surface area contributed by atoms with E-state index in [4.69, 9.17) is 4.74 Å². The van der Waals surface area contributed by atoms with Gasteiger partial charge < -0.3 is 9.72 Å². The third kappa shape index (κ3) is 2.18. The van der Waals surface area contributed by atoms with Gasteiger partial charge in [0.2, 0.25) is 5.01 Å². The van der Waals surface area contributed by atoms with Gasteiger partial charge in [-0.25, -0.2) is 14.8 Å². The fraction of sp³-hybridized carbons (Fsp3) is 0.214. The van der Waals surface area contributed by atoms with Crippen molar-refractivity contribution in [1.82, 2.24) is 15.0 Å². The Morgan fingerprint density at radius 3 is 3.15 bits per heavy atom. The average molecular weight is 287 g/mol. The molecule has 0 fully saturated rings. The summed E-state index contributed by atoms with van der Waals surface area (Å²) in [4.78, 5) is 23.4. The van der Waals surface area contributed by atoms with E-state index < -0.39 is 0 Å². The summed E-state index contributed by atoms with van der Waals surface area (Å²) in [6.45, 7) is 4.12. The molecular weight excluding hydrogens is 274 g/mol. The Kier molecular flexibility index (Phi) is 3.23. The maximum atomic E-state index is 11.7. The van der Waals surface area contributed by atoms with Crippen molar-refractivity contribution in [3.05, 3.63) is 34.4 Å². The van der Waals surface area contributed by atoms with Crippen molar-refractivity contribution in [2.75, 3.05) is 6.61 Å². The van der Waals surface area contributed by atoms with Crippen molar-refractivity contribution in [3.63, 3.8) is 0 Å². The van der Waals surface area contributed by atoms with E-state index in [0.29, 0.717) is 11.6 Å². The number of esters is 1. The molecule has 0 aromatic carbocycles. The zero-order chi connectivity index (χ0) is 14.1. The molecule has 3 aromatic heterocycles. The Balaban J connectivity index is 2.03. The van der Waals surface area contributed by atoms with Crippen LogP contribution in [0.1, 0.15) is 22.3 Å². The number of carbonyl (C=O) groups excluding carboxylic acids is 1. The van der Waals surface area contributed by atoms with E-state index in [-0.39, 0.29) is 5.97 Å². The second-order valence-corrected chi connectivity index (χ2v) is 5.23. The van der Waals surface area contributed by atoms with Gasteiger partial charge in [0, 0.05) is 28.7 Å². The molecule has 0 spiro atoms. The number of aromatic nitrogens is 3. The number of pyridine rings is 1. The highest BCUT2D eigenvalue weighted by Crippen LogP contribution is 2.29. The Bertz CT molecular complexity index is 776. The Hall–Kier alpha value is -2.21. The first-order valence-corrected chi connectivity index (χ1v) is 7.13. The first kappa shape index (κ1) is 12.8. The number of thiazole rings is 1. The molecule has 20 heavy (non-hydrogen) atoms. The topological polar surface area (TPSA) is 67.9 Å². The molecule has 0 aliphatic heterocycles. The van der Waals surface area contributed by atoms with Gasteiger partial charge in [-0.2, -0.15) is 0 Å². The largest absolute Gasteiger partial charge is 0.461 e. The lowest BCUT2D eigenvalue weighted by molar-refractivity contribution is 0.0526. The molecule has 3 heterocycles. The fourth-order valence-electron chi connectivity index (χ4n) is 2.00. The highest BCUT2D eigenvalue weighted by Gasteiger charge is 2.15. The summed E-state index contributed by atoms with van der Waals surface area (Å²) in [5.41, 5.74) is 3.61. The predicted octanol–water partition coefficient (Wildman–Crippen LogP) is 3.17. The van der Waals surface area contributed by atoms with Gasteiger partial charge in [-0.3, -0.25) is 0 Å². The van der Waals surface area contributed by atoms with Gasteiger partial charge in [0.25, 0.3) is 0 Å². The van der Waals surface area contributed by atoms with Crippen LogP contribution in [-0.2, 0) is 4.74 Å². The molecule has 0 atom stereocenters. The van der Waals surface area contributed by atoms with E-state index in [9.17, 15) is 4.79 Å². The van der Waals surface area contributed by atoms with E-state index in [1.807, 2.05) is 24.7 Å². The van der Waals surface area contributed by atoms with Crippen molar-refractivity contribution in [2.24, 2.45) is 0 Å². The number of hydrogen-bond donors (Lipinski definition) is 1. The molecule has 0 radical (unpaired) electrons. The number of aryl methyl sites for hydroxylation is 1. The van der Waals surface area contributed by atoms with E-state index in [1.165, 1.54) is 11.3 Å². The van der Waals surface area contributed by atoms with E-state index >= 15 is 0 Å². The lowest BCUT2D eigenvalue weighted by atomic mass is 10.1. The molecular formula is C14H13N3O2S. The monoisotopic (exact) mass is 287 g/mol. The molecule has 0 bridgehead atoms. The molecule has 6 heteroatoms. The molecule has 1 N–H and O–H groups in total. The van der Waals surface area contributed by atoms with Crippen LogP contribution in [0.2, 0.25) is 0 Å². The van der Waals surface area contributed by atoms with Crippen LogP contribution in [-0.4, -0.2) is 27.5 Å². The molecule has 0 saturated heterocycles. The van der Waals surface area contributed by atoms with Crippen LogP contribution in [0.25, 0.3) is 22.3 Å². The molecule has 3 aromatic rings. The SMILES string of the molecule is CCOC(=O)c1nc(-c2c[nH]c3ncc(C)cc23)cs1. The van der Waals surface area contributed by atoms with Crippen molar-refractivity contribution in [3.8, 4) is 11.3 Å². The quantitative estimate of drug-likeness (QED) is 0.751. The van der Waals surface area contributed by atoms with Crippen LogP contribution in [0, 0.1) is 6.92 Å². The Morgan fingerprint density at radius 2 is 2.35 bits per heavy atom. The van der Waals surface area contributed by atoms with Gasteiger partial charge in [0.15, 0.2) is 0 Å². The predicted molar refractivity (Wildman–Crippen MR) is 77.9 cm³/mol. The number of rotatable bonds is 3. The second-order valence-electron chi connectivity index (χ2n) is 4.37. The van der Waals surface area contributed by atoms with Crippen LogP contribution in [0.4, 0.5) is 0 Å². The van der Waals surface area contributed by atoms with E-state index in [0.717, 1.165) is 27.9 Å². The highest BCUT2D eigenvalue weighted by molar-refractivity contribution is 7.11. The number of nitrogens with one attached hydrogen (secondary N) is 1. The molecule has 102 valence electrons. The first-order valence-electron chi connectivity index (χ1n) is 6.25. The van der Waals surface area contributed by atoms with Gasteiger partial charge in [-0.15, -0.1) is 11.3 Å². The molecule has 5 nitrogen and oxygen atoms in total. The minimum atomic E-state index is -0.377. The van der Waals surface area contributed by atoms with Gasteiger partial charge in [-0.05, 0) is 25.5 Å². The third-order valence-corrected chi connectivity index (χ3v) is 3.72. The normalized spacial score (nSPS) is 10.9. The number of ether oxygens (including phenoxy) is 1. The summed E-state index contributed by atoms with van der Waals surface area (Å²) in [5.74, 6) is -0.377. The zero-order valence-electron chi connectivity index (χ0n) is 11.1. The molecule has 0 amide bonds. The van der Waals surface area contributed by atoms with Crippen molar-refractivity contribution in [1.29, 1.82) is 0 Å². The number of aromatic amines is 1. The minimum absolute atomic E-state index is 0.351. The summed E-state index contributed by atoms with van der Waals surface area (Å²) in [6, 6.07) is 2.05. The fourth-order valence-corrected chi connectivity index (χ4v) is 2.71. The maximum Gasteiger partial charge on any atom is 0.367 e. The molecule has 3 rings (SSSR count). The van der Waals surface area contributed by atoms with Crippen LogP contribution in [0.15, 0.2) is 23.8 Å². The van der Waals surface area contributed by atoms with Gasteiger partial charge in [-0.1, -0.05) is 0 Å². The molecule has 0 aliphatic carbocycles. The van der Waals surface area contributed by atoms with Crippen LogP contribution < -0.4 is 0 Å². The van der Waals surface area contributed by atoms with Crippen molar-refractivity contribution >= 4 is 28.3 Å². The summed E-state index contributed by atoms with van der Waals surface area (Å²) < 4.78 is 4.95. The standard InChI is InChI=1S/C14H13N3O2S/c1-3-19-14(18)13-17-11(7-20-13)10-6-16-12-9(10)4-8(2)5-15-12/h4-7H,3H2,1-2H3,(H,15,16). The average Bonchev–Trinajstić information content (AvgIpc) is 3.04. The van der Waals surface area contributed by atoms with E-state index in [1.54, 1.807) is 6.92 Å². The van der Waals surface area contributed by atoms with Gasteiger partial charge >= 0.3 is 5.97 Å². The van der Waals surface area contributed by atoms with Crippen molar-refractivity contribution < 1.29 is 9.53 Å². The van der Waals surface area contributed by atoms with Crippen LogP contribution in [0.5, 0.6) is 0 Å². The van der Waals surface area contributed by atoms with Crippen LogP contribution >= 0.6 is 11.3 Å². The van der Waals surface area contributed by atoms with Crippen LogP contribution in [0.3, 0.4) is 0 Å². The zero-order valence-corrected chi connectivity index (χ0v) is 12.0. The first-order chi connectivity index (χ1) is 9.69. The number of fused-ring (bicyclic) bond motifs is 1. The molecule has 0 aliphatic rings. The van der Waals surface area contributed by atoms with Gasteiger partial charge in [0.05, 0.1) is 12.3 Å². The number of nitrogens with zero attached hydrogens (tertiary/aromatic N) is 2. The summed E-state index contributed by atoms with van der Waals surface area (Å²) in [7, 11) is 0. The second kappa shape index (κ2) is 5.05. The smallest absolute Gasteiger partial charge is 0.367 e. The van der Waals surface area contributed by atoms with E-state index in [2.05, 4.69) is 21.0 Å². The Labute approximate surface area is 119 Å². The minimum Gasteiger partial charge on any atom is -0.461 e. The lowest BCUT2D eigenvalue weighted by Gasteiger charge is -1.97. The maximum absolute atomic E-state index is 11.7. The summed E-state index contributed by atoms with van der Waals surface area (Å²) in [5, 5.41) is 3.24. The summed E-state index contributed by atoms with van der Waals surface area (Å²) >= 11 is 1.29. The number of hydrogen-bond acceptors (Lipinski definition) is 5. The van der Waals surface area contributed by atoms with Gasteiger partial charge in [0.1, 0.15) is 5.65 Å². The third-order valence-electron chi connectivity index (χ3n) is 2.90. The molecule has 0 saturated carbocycles. The summed E-state index contributed by atoms with van der Waals surface area (Å²) in [6.07, 6.45) is 3.68. The molecule has 0 unspecified atom stereocenters. The number of carbonyl (C=O) groups is 1. The number of H-pyrrole nitrogens is 1. The highest BCUT2D eigenvalue weighted by atomic mass is 32.1. The lowest BCUT2D eigenvalue weighted by Crippen LogP contribution is -2.03. The van der Waals surface area contributed by atoms with Crippen molar-refractivity contribution in [2.45, 2.75) is 13.8 Å². The Morgan fingerprint density at radius 1 is 1.50 bits per heavy atom.